The quantitative estimate of drug-likeness (QED) is 0.385. The minimum Gasteiger partial charge on any atom is -0.483 e. The Hall–Kier alpha value is -4.16. The summed E-state index contributed by atoms with van der Waals surface area (Å²) in [7, 11) is 0. The number of likely N-dealkylation sites (tertiary alicyclic amines) is 1. The number of amides is 2. The monoisotopic (exact) mass is 578 g/mol. The smallest absolute Gasteiger partial charge is 0.341 e. The molecule has 1 atom stereocenters. The number of aliphatic hydroxyl groups is 1. The van der Waals surface area contributed by atoms with Gasteiger partial charge in [0.25, 0.3) is 0 Å². The van der Waals surface area contributed by atoms with Gasteiger partial charge in [0.2, 0.25) is 0 Å². The third kappa shape index (κ3) is 5.39. The number of carbonyl (C=O) groups excluding carboxylic acids is 1. The average molecular weight is 579 g/mol. The highest BCUT2D eigenvalue weighted by molar-refractivity contribution is 5.79. The molecule has 5 heterocycles. The van der Waals surface area contributed by atoms with Crippen LogP contribution in [0.1, 0.15) is 35.0 Å². The third-order valence-corrected chi connectivity index (χ3v) is 7.83. The Kier molecular flexibility index (Phi) is 7.74. The molecule has 0 spiro atoms. The summed E-state index contributed by atoms with van der Waals surface area (Å²) in [6.45, 7) is 7.79. The topological polar surface area (TPSA) is 105 Å². The molecule has 0 aliphatic carbocycles. The molecule has 0 unspecified atom stereocenters. The summed E-state index contributed by atoms with van der Waals surface area (Å²) in [6, 6.07) is 5.51. The van der Waals surface area contributed by atoms with Crippen molar-refractivity contribution in [1.82, 2.24) is 24.7 Å². The Bertz CT molecular complexity index is 1530. The van der Waals surface area contributed by atoms with E-state index in [-0.39, 0.29) is 37.3 Å². The third-order valence-electron chi connectivity index (χ3n) is 7.83. The molecule has 10 nitrogen and oxygen atoms in total. The number of benzene rings is 1. The summed E-state index contributed by atoms with van der Waals surface area (Å²) in [5.74, 6) is -0.637. The molecule has 3 aliphatic heterocycles. The maximum absolute atomic E-state index is 14.8. The predicted molar refractivity (Wildman–Crippen MR) is 150 cm³/mol. The van der Waals surface area contributed by atoms with Crippen LogP contribution in [0.5, 0.6) is 5.75 Å². The number of hydrogen-bond acceptors (Lipinski definition) is 7. The van der Waals surface area contributed by atoms with Crippen molar-refractivity contribution in [3.8, 4) is 17.0 Å². The van der Waals surface area contributed by atoms with E-state index in [0.717, 1.165) is 17.5 Å². The van der Waals surface area contributed by atoms with Crippen LogP contribution in [-0.2, 0) is 24.3 Å². The van der Waals surface area contributed by atoms with Gasteiger partial charge < -0.3 is 19.5 Å². The van der Waals surface area contributed by atoms with Gasteiger partial charge in [-0.1, -0.05) is 12.1 Å². The summed E-state index contributed by atoms with van der Waals surface area (Å²) in [5.41, 5.74) is 3.79. The first-order valence-electron chi connectivity index (χ1n) is 13.9. The van der Waals surface area contributed by atoms with Gasteiger partial charge in [-0.15, -0.1) is 6.58 Å². The highest BCUT2D eigenvalue weighted by atomic mass is 19.1. The molecular formula is C30H32F2N6O4. The van der Waals surface area contributed by atoms with E-state index >= 15 is 0 Å². The first kappa shape index (κ1) is 28.0. The molecule has 6 rings (SSSR count). The van der Waals surface area contributed by atoms with Crippen LogP contribution in [0.2, 0.25) is 0 Å². The zero-order chi connectivity index (χ0) is 29.4. The highest BCUT2D eigenvalue weighted by Gasteiger charge is 2.39. The molecule has 2 fully saturated rings. The lowest BCUT2D eigenvalue weighted by Gasteiger charge is -2.41. The van der Waals surface area contributed by atoms with Crippen LogP contribution in [0.25, 0.3) is 11.3 Å². The standard InChI is InChI=1S/C30H32F2N6O4/c1-3-4-19-7-21(9-22(31)8-19)27-5-6-34-38(27)30(40)36-13-23(14-36)42-28-10-25(33-11-24(28)32)29-18(2)37(35-26(29)15-39)12-20-16-41-17-20/h3,6-11,20,23,27,39H,1,4-5,12-17H2,2H3/t27-/m0/s1. The number of allylic oxidation sites excluding steroid dienone is 1. The Morgan fingerprint density at radius 2 is 2.05 bits per heavy atom. The molecule has 0 saturated carbocycles. The first-order chi connectivity index (χ1) is 20.3. The largest absolute Gasteiger partial charge is 0.483 e. The van der Waals surface area contributed by atoms with E-state index in [2.05, 4.69) is 21.8 Å². The summed E-state index contributed by atoms with van der Waals surface area (Å²) in [4.78, 5) is 19.1. The molecule has 12 heteroatoms. The molecule has 2 saturated heterocycles. The van der Waals surface area contributed by atoms with Crippen LogP contribution in [0.15, 0.2) is 48.2 Å². The van der Waals surface area contributed by atoms with E-state index in [1.54, 1.807) is 17.2 Å². The van der Waals surface area contributed by atoms with Crippen molar-refractivity contribution in [3.63, 3.8) is 0 Å². The van der Waals surface area contributed by atoms with Crippen LogP contribution in [-0.4, -0.2) is 74.4 Å². The zero-order valence-corrected chi connectivity index (χ0v) is 23.2. The predicted octanol–water partition coefficient (Wildman–Crippen LogP) is 4.01. The van der Waals surface area contributed by atoms with Crippen molar-refractivity contribution in [1.29, 1.82) is 0 Å². The second kappa shape index (κ2) is 11.6. The molecule has 0 bridgehead atoms. The van der Waals surface area contributed by atoms with E-state index in [1.807, 2.05) is 17.7 Å². The number of hydrazone groups is 1. The van der Waals surface area contributed by atoms with Crippen molar-refractivity contribution in [2.75, 3.05) is 26.3 Å². The van der Waals surface area contributed by atoms with Gasteiger partial charge in [-0.05, 0) is 36.6 Å². The fourth-order valence-electron chi connectivity index (χ4n) is 5.53. The molecule has 42 heavy (non-hydrogen) atoms. The van der Waals surface area contributed by atoms with Crippen LogP contribution >= 0.6 is 0 Å². The number of pyridine rings is 1. The fraction of sp³-hybridized carbons (Fsp3) is 0.400. The normalized spacial score (nSPS) is 18.7. The summed E-state index contributed by atoms with van der Waals surface area (Å²) in [5, 5.41) is 20.1. The van der Waals surface area contributed by atoms with Gasteiger partial charge in [0.15, 0.2) is 11.6 Å². The lowest BCUT2D eigenvalue weighted by molar-refractivity contribution is -0.0411. The summed E-state index contributed by atoms with van der Waals surface area (Å²) < 4.78 is 42.1. The van der Waals surface area contributed by atoms with E-state index < -0.39 is 18.0 Å². The van der Waals surface area contributed by atoms with Gasteiger partial charge in [-0.2, -0.15) is 10.2 Å². The van der Waals surface area contributed by atoms with Crippen molar-refractivity contribution in [2.24, 2.45) is 11.0 Å². The molecule has 2 amide bonds. The Morgan fingerprint density at radius 1 is 1.24 bits per heavy atom. The van der Waals surface area contributed by atoms with Crippen LogP contribution in [0.4, 0.5) is 13.6 Å². The number of carbonyl (C=O) groups is 1. The molecule has 0 radical (unpaired) electrons. The van der Waals surface area contributed by atoms with Gasteiger partial charge in [0.1, 0.15) is 11.9 Å². The van der Waals surface area contributed by atoms with Gasteiger partial charge >= 0.3 is 6.03 Å². The molecular weight excluding hydrogens is 546 g/mol. The van der Waals surface area contributed by atoms with E-state index in [0.29, 0.717) is 61.0 Å². The Labute approximate surface area is 241 Å². The first-order valence-corrected chi connectivity index (χ1v) is 13.9. The Morgan fingerprint density at radius 3 is 2.76 bits per heavy atom. The second-order valence-electron chi connectivity index (χ2n) is 10.9. The van der Waals surface area contributed by atoms with E-state index in [1.165, 1.54) is 23.2 Å². The molecule has 220 valence electrons. The highest BCUT2D eigenvalue weighted by Crippen LogP contribution is 2.34. The number of urea groups is 1. The molecule has 3 aliphatic rings. The molecule has 3 aromatic rings. The summed E-state index contributed by atoms with van der Waals surface area (Å²) >= 11 is 0. The van der Waals surface area contributed by atoms with Gasteiger partial charge in [-0.3, -0.25) is 9.67 Å². The Balaban J connectivity index is 1.12. The van der Waals surface area contributed by atoms with Crippen molar-refractivity contribution < 1.29 is 28.2 Å². The summed E-state index contributed by atoms with van der Waals surface area (Å²) in [6.07, 6.45) is 5.00. The molecule has 1 aromatic carbocycles. The van der Waals surface area contributed by atoms with Crippen molar-refractivity contribution in [3.05, 3.63) is 77.3 Å². The zero-order valence-electron chi connectivity index (χ0n) is 23.2. The van der Waals surface area contributed by atoms with E-state index in [9.17, 15) is 18.7 Å². The number of nitrogens with zero attached hydrogens (tertiary/aromatic N) is 6. The minimum atomic E-state index is -0.628. The number of aliphatic hydroxyl groups excluding tert-OH is 1. The number of rotatable bonds is 9. The van der Waals surface area contributed by atoms with Crippen LogP contribution < -0.4 is 4.74 Å². The van der Waals surface area contributed by atoms with Crippen molar-refractivity contribution >= 4 is 12.2 Å². The van der Waals surface area contributed by atoms with Crippen molar-refractivity contribution in [2.45, 2.75) is 45.1 Å². The maximum atomic E-state index is 14.8. The number of ether oxygens (including phenoxy) is 2. The fourth-order valence-corrected chi connectivity index (χ4v) is 5.53. The lowest BCUT2D eigenvalue weighted by atomic mass is 10.00. The van der Waals surface area contributed by atoms with Crippen LogP contribution in [0.3, 0.4) is 0 Å². The number of hydrogen-bond donors (Lipinski definition) is 1. The second-order valence-corrected chi connectivity index (χ2v) is 10.9. The van der Waals surface area contributed by atoms with Crippen LogP contribution in [0, 0.1) is 24.5 Å². The molecule has 1 N–H and O–H groups in total. The van der Waals surface area contributed by atoms with Gasteiger partial charge in [-0.25, -0.2) is 18.6 Å². The minimum absolute atomic E-state index is 0.00658. The maximum Gasteiger partial charge on any atom is 0.341 e. The number of aromatic nitrogens is 3. The molecule has 2 aromatic heterocycles. The lowest BCUT2D eigenvalue weighted by Crippen LogP contribution is -2.58. The number of halogens is 2. The van der Waals surface area contributed by atoms with Gasteiger partial charge in [0.05, 0.1) is 56.5 Å². The SMILES string of the molecule is C=CCc1cc(F)cc([C@@H]2CC=NN2C(=O)N2CC(Oc3cc(-c4c(CO)nn(CC5COC5)c4C)ncc3F)C2)c1. The average Bonchev–Trinajstić information content (AvgIpc) is 3.53. The van der Waals surface area contributed by atoms with E-state index in [4.69, 9.17) is 9.47 Å². The van der Waals surface area contributed by atoms with Gasteiger partial charge in [0, 0.05) is 42.4 Å².